The number of anilines is 1. The number of carboxylic acid groups (broad SMARTS) is 1. The topological polar surface area (TPSA) is 66.6 Å². The second-order valence-corrected chi connectivity index (χ2v) is 5.60. The van der Waals surface area contributed by atoms with Gasteiger partial charge in [-0.15, -0.1) is 0 Å². The Bertz CT molecular complexity index is 626. The molecule has 5 heteroatoms. The third kappa shape index (κ3) is 2.82. The molecule has 0 fully saturated rings. The van der Waals surface area contributed by atoms with Crippen molar-refractivity contribution in [2.75, 3.05) is 4.90 Å². The number of pyridine rings is 1. The molecule has 0 atom stereocenters. The first kappa shape index (κ1) is 14.1. The quantitative estimate of drug-likeness (QED) is 0.900. The van der Waals surface area contributed by atoms with Crippen LogP contribution in [0.15, 0.2) is 34.9 Å². The first-order chi connectivity index (χ1) is 9.29. The number of nitrogens with zero attached hydrogens (tertiary/aromatic N) is 2. The minimum atomic E-state index is -0.995. The van der Waals surface area contributed by atoms with E-state index >= 15 is 0 Å². The molecule has 0 saturated carbocycles. The molecule has 0 aliphatic heterocycles. The molecule has 1 N–H and O–H groups in total. The van der Waals surface area contributed by atoms with Gasteiger partial charge in [-0.2, -0.15) is 0 Å². The summed E-state index contributed by atoms with van der Waals surface area (Å²) < 4.78 is 5.52. The average Bonchev–Trinajstić information content (AvgIpc) is 2.74. The Kier molecular flexibility index (Phi) is 3.53. The molecule has 1 amide bonds. The standard InChI is InChI=1S/C15H18N2O3/c1-10-5-6-13(20-10)12-9-11(7-8-16-12)17(14(18)19)15(2,3)4/h5-9H,1-4H3,(H,18,19). The van der Waals surface area contributed by atoms with E-state index < -0.39 is 11.6 Å². The molecule has 106 valence electrons. The Morgan fingerprint density at radius 1 is 1.30 bits per heavy atom. The summed E-state index contributed by atoms with van der Waals surface area (Å²) in [5, 5.41) is 9.41. The van der Waals surface area contributed by atoms with Gasteiger partial charge in [0.25, 0.3) is 0 Å². The molecule has 20 heavy (non-hydrogen) atoms. The minimum absolute atomic E-state index is 0.538. The highest BCUT2D eigenvalue weighted by molar-refractivity contribution is 5.88. The van der Waals surface area contributed by atoms with Gasteiger partial charge in [0.2, 0.25) is 0 Å². The maximum Gasteiger partial charge on any atom is 0.412 e. The van der Waals surface area contributed by atoms with E-state index in [1.54, 1.807) is 18.3 Å². The Hall–Kier alpha value is -2.30. The van der Waals surface area contributed by atoms with Gasteiger partial charge in [0.15, 0.2) is 5.76 Å². The van der Waals surface area contributed by atoms with Crippen LogP contribution >= 0.6 is 0 Å². The van der Waals surface area contributed by atoms with Crippen LogP contribution in [0.4, 0.5) is 10.5 Å². The zero-order chi connectivity index (χ0) is 14.9. The molecule has 0 bridgehead atoms. The van der Waals surface area contributed by atoms with Crippen LogP contribution in [0.2, 0.25) is 0 Å². The predicted molar refractivity (Wildman–Crippen MR) is 76.9 cm³/mol. The fourth-order valence-electron chi connectivity index (χ4n) is 2.05. The summed E-state index contributed by atoms with van der Waals surface area (Å²) in [6.07, 6.45) is 0.592. The van der Waals surface area contributed by atoms with Gasteiger partial charge in [0.1, 0.15) is 11.5 Å². The van der Waals surface area contributed by atoms with Gasteiger partial charge in [-0.1, -0.05) is 0 Å². The lowest BCUT2D eigenvalue weighted by molar-refractivity contribution is 0.195. The Labute approximate surface area is 117 Å². The van der Waals surface area contributed by atoms with Crippen LogP contribution in [0, 0.1) is 6.92 Å². The van der Waals surface area contributed by atoms with E-state index in [4.69, 9.17) is 4.42 Å². The van der Waals surface area contributed by atoms with Crippen molar-refractivity contribution in [1.82, 2.24) is 4.98 Å². The van der Waals surface area contributed by atoms with E-state index in [-0.39, 0.29) is 0 Å². The smallest absolute Gasteiger partial charge is 0.412 e. The zero-order valence-electron chi connectivity index (χ0n) is 12.0. The van der Waals surface area contributed by atoms with Crippen LogP contribution in [-0.2, 0) is 0 Å². The van der Waals surface area contributed by atoms with Crippen molar-refractivity contribution in [3.05, 3.63) is 36.2 Å². The molecular weight excluding hydrogens is 256 g/mol. The molecule has 0 aromatic carbocycles. The number of rotatable bonds is 2. The first-order valence-electron chi connectivity index (χ1n) is 6.35. The molecule has 2 rings (SSSR count). The molecule has 2 aromatic heterocycles. The van der Waals surface area contributed by atoms with Gasteiger partial charge in [0.05, 0.1) is 5.69 Å². The van der Waals surface area contributed by atoms with Crippen LogP contribution < -0.4 is 4.90 Å². The van der Waals surface area contributed by atoms with Gasteiger partial charge in [0, 0.05) is 11.7 Å². The summed E-state index contributed by atoms with van der Waals surface area (Å²) in [4.78, 5) is 17.0. The first-order valence-corrected chi connectivity index (χ1v) is 6.35. The van der Waals surface area contributed by atoms with Crippen LogP contribution in [0.25, 0.3) is 11.5 Å². The van der Waals surface area contributed by atoms with Crippen molar-refractivity contribution in [2.45, 2.75) is 33.2 Å². The van der Waals surface area contributed by atoms with Crippen LogP contribution in [-0.4, -0.2) is 21.7 Å². The summed E-state index contributed by atoms with van der Waals surface area (Å²) in [5.74, 6) is 1.42. The lowest BCUT2D eigenvalue weighted by Gasteiger charge is -2.33. The largest absolute Gasteiger partial charge is 0.465 e. The van der Waals surface area contributed by atoms with E-state index in [0.29, 0.717) is 17.1 Å². The molecule has 0 saturated heterocycles. The number of carbonyl (C=O) groups is 1. The molecule has 2 heterocycles. The second kappa shape index (κ2) is 5.00. The van der Waals surface area contributed by atoms with Gasteiger partial charge >= 0.3 is 6.09 Å². The van der Waals surface area contributed by atoms with Crippen molar-refractivity contribution < 1.29 is 14.3 Å². The van der Waals surface area contributed by atoms with Crippen molar-refractivity contribution in [1.29, 1.82) is 0 Å². The Balaban J connectivity index is 2.46. The molecule has 0 aliphatic carbocycles. The van der Waals surface area contributed by atoms with Crippen LogP contribution in [0.3, 0.4) is 0 Å². The van der Waals surface area contributed by atoms with Gasteiger partial charge in [-0.3, -0.25) is 9.88 Å². The SMILES string of the molecule is Cc1ccc(-c2cc(N(C(=O)O)C(C)(C)C)ccn2)o1. The summed E-state index contributed by atoms with van der Waals surface area (Å²) in [5.41, 5.74) is 0.652. The summed E-state index contributed by atoms with van der Waals surface area (Å²) in [6, 6.07) is 7.07. The lowest BCUT2D eigenvalue weighted by atomic mass is 10.1. The fraction of sp³-hybridized carbons (Fsp3) is 0.333. The van der Waals surface area contributed by atoms with Gasteiger partial charge in [-0.05, 0) is 52.0 Å². The highest BCUT2D eigenvalue weighted by Gasteiger charge is 2.28. The number of amides is 1. The number of hydrogen-bond acceptors (Lipinski definition) is 3. The van der Waals surface area contributed by atoms with E-state index in [1.165, 1.54) is 4.90 Å². The highest BCUT2D eigenvalue weighted by Crippen LogP contribution is 2.28. The number of aromatic nitrogens is 1. The Morgan fingerprint density at radius 2 is 2.00 bits per heavy atom. The lowest BCUT2D eigenvalue weighted by Crippen LogP contribution is -2.45. The fourth-order valence-corrected chi connectivity index (χ4v) is 2.05. The molecule has 0 unspecified atom stereocenters. The van der Waals surface area contributed by atoms with E-state index in [0.717, 1.165) is 5.76 Å². The molecule has 2 aromatic rings. The third-order valence-electron chi connectivity index (χ3n) is 2.86. The number of aryl methyl sites for hydroxylation is 1. The second-order valence-electron chi connectivity index (χ2n) is 5.60. The molecule has 5 nitrogen and oxygen atoms in total. The van der Waals surface area contributed by atoms with E-state index in [2.05, 4.69) is 4.98 Å². The molecule has 0 spiro atoms. The highest BCUT2D eigenvalue weighted by atomic mass is 16.4. The zero-order valence-corrected chi connectivity index (χ0v) is 12.0. The van der Waals surface area contributed by atoms with Crippen molar-refractivity contribution in [3.63, 3.8) is 0 Å². The molecule has 0 aliphatic rings. The normalized spacial score (nSPS) is 11.4. The summed E-state index contributed by atoms with van der Waals surface area (Å²) in [6.45, 7) is 7.39. The van der Waals surface area contributed by atoms with Crippen LogP contribution in [0.5, 0.6) is 0 Å². The van der Waals surface area contributed by atoms with E-state index in [1.807, 2.05) is 39.8 Å². The minimum Gasteiger partial charge on any atom is -0.465 e. The summed E-state index contributed by atoms with van der Waals surface area (Å²) in [7, 11) is 0. The maximum absolute atomic E-state index is 11.5. The third-order valence-corrected chi connectivity index (χ3v) is 2.86. The Morgan fingerprint density at radius 3 is 2.50 bits per heavy atom. The van der Waals surface area contributed by atoms with E-state index in [9.17, 15) is 9.90 Å². The van der Waals surface area contributed by atoms with Crippen molar-refractivity contribution in [3.8, 4) is 11.5 Å². The molecule has 0 radical (unpaired) electrons. The maximum atomic E-state index is 11.5. The number of hydrogen-bond donors (Lipinski definition) is 1. The summed E-state index contributed by atoms with van der Waals surface area (Å²) >= 11 is 0. The average molecular weight is 274 g/mol. The van der Waals surface area contributed by atoms with Gasteiger partial charge in [-0.25, -0.2) is 4.79 Å². The van der Waals surface area contributed by atoms with Crippen molar-refractivity contribution in [2.24, 2.45) is 0 Å². The number of furan rings is 1. The van der Waals surface area contributed by atoms with Crippen LogP contribution in [0.1, 0.15) is 26.5 Å². The predicted octanol–water partition coefficient (Wildman–Crippen LogP) is 3.93. The van der Waals surface area contributed by atoms with Crippen molar-refractivity contribution >= 4 is 11.8 Å². The molecular formula is C15H18N2O3. The monoisotopic (exact) mass is 274 g/mol. The van der Waals surface area contributed by atoms with Gasteiger partial charge < -0.3 is 9.52 Å².